The van der Waals surface area contributed by atoms with Crippen LogP contribution in [0, 0.1) is 12.7 Å². The molecule has 0 saturated carbocycles. The number of hydrogen-bond donors (Lipinski definition) is 2. The van der Waals surface area contributed by atoms with Crippen LogP contribution in [0.5, 0.6) is 0 Å². The van der Waals surface area contributed by atoms with E-state index in [1.54, 1.807) is 25.1 Å². The van der Waals surface area contributed by atoms with Crippen LogP contribution in [-0.4, -0.2) is 17.4 Å². The predicted molar refractivity (Wildman–Crippen MR) is 108 cm³/mol. The summed E-state index contributed by atoms with van der Waals surface area (Å²) in [5.41, 5.74) is 2.29. The molecule has 3 aromatic rings. The number of aryl methyl sites for hydroxylation is 1. The second-order valence-electron chi connectivity index (χ2n) is 6.22. The molecule has 0 unspecified atom stereocenters. The first-order chi connectivity index (χ1) is 12.6. The summed E-state index contributed by atoms with van der Waals surface area (Å²) in [5.74, 6) is 0.645. The number of carbonyl (C=O) groups excluding carboxylic acids is 1. The van der Waals surface area contributed by atoms with E-state index in [2.05, 4.69) is 15.6 Å². The fraction of sp³-hybridized carbons (Fsp3) is 0.263. The Balaban J connectivity index is 0.00000140. The molecule has 0 spiro atoms. The van der Waals surface area contributed by atoms with Crippen molar-refractivity contribution in [2.45, 2.75) is 26.3 Å². The smallest absolute Gasteiger partial charge is 0.263 e. The minimum atomic E-state index is -0.356. The Morgan fingerprint density at radius 1 is 1.32 bits per heavy atom. The summed E-state index contributed by atoms with van der Waals surface area (Å²) in [4.78, 5) is 16.7. The highest BCUT2D eigenvalue weighted by Crippen LogP contribution is 2.25. The summed E-state index contributed by atoms with van der Waals surface area (Å²) in [6.45, 7) is 3.11. The highest BCUT2D eigenvalue weighted by Gasteiger charge is 2.20. The first-order valence-electron chi connectivity index (χ1n) is 8.43. The van der Waals surface area contributed by atoms with Crippen LogP contribution < -0.4 is 10.6 Å². The number of amides is 1. The summed E-state index contributed by atoms with van der Waals surface area (Å²) in [6.07, 6.45) is 2.13. The van der Waals surface area contributed by atoms with Gasteiger partial charge in [0.1, 0.15) is 11.6 Å². The van der Waals surface area contributed by atoms with Gasteiger partial charge < -0.3 is 19.5 Å². The lowest BCUT2D eigenvalue weighted by Crippen LogP contribution is -2.25. The molecule has 28 heavy (non-hydrogen) atoms. The molecule has 3 heterocycles. The van der Waals surface area contributed by atoms with Crippen molar-refractivity contribution < 1.29 is 18.0 Å². The molecule has 1 amide bonds. The van der Waals surface area contributed by atoms with Gasteiger partial charge in [-0.25, -0.2) is 9.37 Å². The van der Waals surface area contributed by atoms with E-state index in [4.69, 9.17) is 8.83 Å². The van der Waals surface area contributed by atoms with Gasteiger partial charge in [0.15, 0.2) is 5.76 Å². The molecule has 4 rings (SSSR count). The highest BCUT2D eigenvalue weighted by molar-refractivity contribution is 5.92. The number of aromatic nitrogens is 1. The largest absolute Gasteiger partial charge is 0.459 e. The second-order valence-corrected chi connectivity index (χ2v) is 6.22. The third kappa shape index (κ3) is 4.38. The van der Waals surface area contributed by atoms with Crippen LogP contribution in [0.25, 0.3) is 11.7 Å². The van der Waals surface area contributed by atoms with Gasteiger partial charge in [0.2, 0.25) is 5.91 Å². The van der Waals surface area contributed by atoms with Crippen LogP contribution in [0.1, 0.15) is 22.6 Å². The Morgan fingerprint density at radius 3 is 2.89 bits per heavy atom. The monoisotopic (exact) mass is 427 g/mol. The summed E-state index contributed by atoms with van der Waals surface area (Å²) in [6, 6.07) is 6.90. The van der Waals surface area contributed by atoms with Crippen molar-refractivity contribution in [3.05, 3.63) is 58.9 Å². The molecule has 6 nitrogen and oxygen atoms in total. The summed E-state index contributed by atoms with van der Waals surface area (Å²) >= 11 is 0. The zero-order valence-corrected chi connectivity index (χ0v) is 16.7. The fourth-order valence-corrected chi connectivity index (χ4v) is 3.07. The van der Waals surface area contributed by atoms with Crippen LogP contribution in [0.15, 0.2) is 39.4 Å². The summed E-state index contributed by atoms with van der Waals surface area (Å²) in [5, 5.41) is 5.84. The number of nitrogens with one attached hydrogen (secondary N) is 2. The van der Waals surface area contributed by atoms with E-state index in [1.165, 1.54) is 6.26 Å². The van der Waals surface area contributed by atoms with Crippen molar-refractivity contribution in [3.63, 3.8) is 0 Å². The quantitative estimate of drug-likeness (QED) is 0.656. The molecule has 1 aromatic carbocycles. The van der Waals surface area contributed by atoms with Gasteiger partial charge in [0.25, 0.3) is 5.89 Å². The molecule has 0 fully saturated rings. The number of oxazole rings is 1. The number of carbonyl (C=O) groups is 1. The van der Waals surface area contributed by atoms with Gasteiger partial charge in [-0.2, -0.15) is 0 Å². The van der Waals surface area contributed by atoms with Crippen LogP contribution in [0.4, 0.5) is 10.1 Å². The van der Waals surface area contributed by atoms with E-state index in [1.807, 2.05) is 6.07 Å². The maximum Gasteiger partial charge on any atom is 0.263 e. The van der Waals surface area contributed by atoms with Crippen LogP contribution >= 0.6 is 24.8 Å². The molecule has 0 bridgehead atoms. The minimum absolute atomic E-state index is 0. The van der Waals surface area contributed by atoms with Crippen molar-refractivity contribution in [2.75, 3.05) is 11.9 Å². The molecule has 1 aliphatic rings. The molecule has 150 valence electrons. The third-order valence-corrected chi connectivity index (χ3v) is 4.43. The standard InChI is InChI=1S/C19H18FN3O3.2ClH/c1-11-15(23-19(26-11)16-3-2-8-25-16)9-17(24)22-14-5-4-12-10-21-7-6-13(12)18(14)20;;/h2-5,8,21H,6-7,9-10H2,1H3,(H,22,24);2*1H. The third-order valence-electron chi connectivity index (χ3n) is 4.43. The van der Waals surface area contributed by atoms with E-state index in [9.17, 15) is 9.18 Å². The molecular formula is C19H20Cl2FN3O3. The normalized spacial score (nSPS) is 12.5. The van der Waals surface area contributed by atoms with Crippen molar-refractivity contribution >= 4 is 36.4 Å². The Kier molecular flexibility index (Phi) is 7.23. The van der Waals surface area contributed by atoms with Crippen molar-refractivity contribution in [2.24, 2.45) is 0 Å². The Bertz CT molecular complexity index is 958. The van der Waals surface area contributed by atoms with Crippen LogP contribution in [-0.2, 0) is 24.2 Å². The lowest BCUT2D eigenvalue weighted by atomic mass is 9.99. The highest BCUT2D eigenvalue weighted by atomic mass is 35.5. The Hall–Kier alpha value is -2.35. The van der Waals surface area contributed by atoms with Gasteiger partial charge in [-0.3, -0.25) is 4.79 Å². The average molecular weight is 428 g/mol. The van der Waals surface area contributed by atoms with E-state index in [0.29, 0.717) is 41.6 Å². The number of nitrogens with zero attached hydrogens (tertiary/aromatic N) is 1. The number of anilines is 1. The number of rotatable bonds is 4. The molecule has 0 radical (unpaired) electrons. The average Bonchev–Trinajstić information content (AvgIpc) is 3.28. The van der Waals surface area contributed by atoms with Gasteiger partial charge in [0.05, 0.1) is 24.1 Å². The van der Waals surface area contributed by atoms with Crippen molar-refractivity contribution in [1.29, 1.82) is 0 Å². The van der Waals surface area contributed by atoms with Crippen LogP contribution in [0.2, 0.25) is 0 Å². The van der Waals surface area contributed by atoms with Crippen molar-refractivity contribution in [1.82, 2.24) is 10.3 Å². The lowest BCUT2D eigenvalue weighted by Gasteiger charge is -2.19. The molecule has 1 aliphatic heterocycles. The topological polar surface area (TPSA) is 80.3 Å². The summed E-state index contributed by atoms with van der Waals surface area (Å²) < 4.78 is 25.4. The van der Waals surface area contributed by atoms with Gasteiger partial charge in [-0.15, -0.1) is 24.8 Å². The molecule has 2 N–H and O–H groups in total. The van der Waals surface area contributed by atoms with E-state index < -0.39 is 0 Å². The molecule has 2 aromatic heterocycles. The number of halogens is 3. The molecular weight excluding hydrogens is 408 g/mol. The maximum atomic E-state index is 14.6. The summed E-state index contributed by atoms with van der Waals surface area (Å²) in [7, 11) is 0. The SMILES string of the molecule is Cc1oc(-c2ccco2)nc1CC(=O)Nc1ccc2c(c1F)CCNC2.Cl.Cl. The first kappa shape index (κ1) is 21.9. The number of fused-ring (bicyclic) bond motifs is 1. The van der Waals surface area contributed by atoms with E-state index >= 15 is 0 Å². The predicted octanol–water partition coefficient (Wildman–Crippen LogP) is 4.05. The number of benzene rings is 1. The molecule has 9 heteroatoms. The zero-order chi connectivity index (χ0) is 18.1. The Morgan fingerprint density at radius 2 is 2.14 bits per heavy atom. The van der Waals surface area contributed by atoms with Gasteiger partial charge >= 0.3 is 0 Å². The fourth-order valence-electron chi connectivity index (χ4n) is 3.07. The lowest BCUT2D eigenvalue weighted by molar-refractivity contribution is -0.115. The van der Waals surface area contributed by atoms with Crippen molar-refractivity contribution in [3.8, 4) is 11.7 Å². The first-order valence-corrected chi connectivity index (χ1v) is 8.43. The second kappa shape index (κ2) is 9.23. The maximum absolute atomic E-state index is 14.6. The number of hydrogen-bond acceptors (Lipinski definition) is 5. The molecule has 0 saturated heterocycles. The minimum Gasteiger partial charge on any atom is -0.459 e. The number of furan rings is 1. The molecule has 0 aliphatic carbocycles. The van der Waals surface area contributed by atoms with Crippen LogP contribution in [0.3, 0.4) is 0 Å². The van der Waals surface area contributed by atoms with E-state index in [0.717, 1.165) is 12.1 Å². The van der Waals surface area contributed by atoms with E-state index in [-0.39, 0.29) is 48.6 Å². The zero-order valence-electron chi connectivity index (χ0n) is 15.1. The van der Waals surface area contributed by atoms with Gasteiger partial charge in [-0.05, 0) is 49.2 Å². The van der Waals surface area contributed by atoms with Gasteiger partial charge in [0, 0.05) is 6.54 Å². The Labute approximate surface area is 173 Å². The van der Waals surface area contributed by atoms with Gasteiger partial charge in [-0.1, -0.05) is 6.07 Å². The molecule has 0 atom stereocenters.